The van der Waals surface area contributed by atoms with Crippen molar-refractivity contribution in [3.8, 4) is 5.75 Å². The van der Waals surface area contributed by atoms with Crippen molar-refractivity contribution in [1.29, 1.82) is 0 Å². The van der Waals surface area contributed by atoms with Crippen molar-refractivity contribution in [2.75, 3.05) is 24.9 Å². The number of nitrogens with one attached hydrogen (secondary N) is 2. The van der Waals surface area contributed by atoms with Gasteiger partial charge in [0.15, 0.2) is 11.6 Å². The maximum atomic E-state index is 11.7. The lowest BCUT2D eigenvalue weighted by Crippen LogP contribution is -2.15. The minimum Gasteiger partial charge on any atom is -0.496 e. The van der Waals surface area contributed by atoms with Crippen LogP contribution in [0.2, 0.25) is 0 Å². The van der Waals surface area contributed by atoms with Crippen LogP contribution < -0.4 is 15.4 Å². The average Bonchev–Trinajstić information content (AvgIpc) is 3.39. The van der Waals surface area contributed by atoms with Crippen LogP contribution >= 0.6 is 0 Å². The van der Waals surface area contributed by atoms with E-state index in [9.17, 15) is 4.79 Å². The summed E-state index contributed by atoms with van der Waals surface area (Å²) in [7, 11) is 2.89. The van der Waals surface area contributed by atoms with Gasteiger partial charge >= 0.3 is 6.09 Å². The van der Waals surface area contributed by atoms with Gasteiger partial charge in [0.1, 0.15) is 16.8 Å². The topological polar surface area (TPSA) is 142 Å². The number of hydrogen-bond donors (Lipinski definition) is 2. The van der Waals surface area contributed by atoms with Crippen molar-refractivity contribution in [2.45, 2.75) is 26.9 Å². The molecule has 0 unspecified atom stereocenters. The zero-order valence-corrected chi connectivity index (χ0v) is 18.0. The molecule has 3 heterocycles. The molecule has 4 aromatic rings. The molecule has 1 amide bonds. The van der Waals surface area contributed by atoms with Crippen LogP contribution in [-0.4, -0.2) is 50.2 Å². The zero-order valence-electron chi connectivity index (χ0n) is 18.0. The Bertz CT molecular complexity index is 1270. The Labute approximate surface area is 183 Å². The Balaban J connectivity index is 1.72. The summed E-state index contributed by atoms with van der Waals surface area (Å²) in [6, 6.07) is 5.97. The number of aryl methyl sites for hydroxylation is 2. The highest BCUT2D eigenvalue weighted by atomic mass is 16.5. The van der Waals surface area contributed by atoms with Crippen molar-refractivity contribution in [3.63, 3.8) is 0 Å². The molecule has 0 saturated heterocycles. The predicted molar refractivity (Wildman–Crippen MR) is 115 cm³/mol. The third-order valence-electron chi connectivity index (χ3n) is 4.63. The lowest BCUT2D eigenvalue weighted by atomic mass is 10.1. The first kappa shape index (κ1) is 21.0. The van der Waals surface area contributed by atoms with E-state index >= 15 is 0 Å². The quantitative estimate of drug-likeness (QED) is 0.442. The molecule has 32 heavy (non-hydrogen) atoms. The Morgan fingerprint density at radius 3 is 2.75 bits per heavy atom. The molecular formula is C20H22N8O4. The summed E-state index contributed by atoms with van der Waals surface area (Å²) in [5, 5.41) is 14.0. The molecule has 1 aromatic carbocycles. The molecule has 166 valence electrons. The molecule has 0 aliphatic rings. The van der Waals surface area contributed by atoms with Gasteiger partial charge in [0, 0.05) is 12.5 Å². The number of hydrogen-bond acceptors (Lipinski definition) is 10. The Morgan fingerprint density at radius 1 is 1.19 bits per heavy atom. The fourth-order valence-corrected chi connectivity index (χ4v) is 3.16. The summed E-state index contributed by atoms with van der Waals surface area (Å²) in [5.41, 5.74) is 3.21. The minimum atomic E-state index is -0.680. The number of ether oxygens (including phenoxy) is 2. The third kappa shape index (κ3) is 4.43. The van der Waals surface area contributed by atoms with E-state index in [4.69, 9.17) is 9.26 Å². The van der Waals surface area contributed by atoms with Crippen molar-refractivity contribution < 1.29 is 18.8 Å². The number of methoxy groups -OCH3 is 2. The molecule has 12 nitrogen and oxygen atoms in total. The van der Waals surface area contributed by atoms with Crippen molar-refractivity contribution in [2.24, 2.45) is 0 Å². The van der Waals surface area contributed by atoms with Gasteiger partial charge in [0.25, 0.3) is 0 Å². The maximum Gasteiger partial charge on any atom is 0.413 e. The van der Waals surface area contributed by atoms with Crippen LogP contribution in [0.15, 0.2) is 28.9 Å². The molecule has 0 fully saturated rings. The van der Waals surface area contributed by atoms with E-state index in [0.29, 0.717) is 35.1 Å². The third-order valence-corrected chi connectivity index (χ3v) is 4.63. The van der Waals surface area contributed by atoms with Gasteiger partial charge in [-0.2, -0.15) is 15.1 Å². The summed E-state index contributed by atoms with van der Waals surface area (Å²) in [6.07, 6.45) is 0.921. The summed E-state index contributed by atoms with van der Waals surface area (Å²) in [4.78, 5) is 24.6. The highest BCUT2D eigenvalue weighted by Gasteiger charge is 2.17. The van der Waals surface area contributed by atoms with Gasteiger partial charge in [-0.05, 0) is 18.6 Å². The summed E-state index contributed by atoms with van der Waals surface area (Å²) in [6.45, 7) is 4.39. The summed E-state index contributed by atoms with van der Waals surface area (Å²) in [5.74, 6) is 2.19. The van der Waals surface area contributed by atoms with E-state index in [1.54, 1.807) is 24.9 Å². The fraction of sp³-hybridized carbons (Fsp3) is 0.300. The Morgan fingerprint density at radius 2 is 2.03 bits per heavy atom. The van der Waals surface area contributed by atoms with E-state index in [2.05, 4.69) is 40.6 Å². The first-order valence-electron chi connectivity index (χ1n) is 9.72. The zero-order chi connectivity index (χ0) is 22.7. The van der Waals surface area contributed by atoms with Crippen LogP contribution in [0.4, 0.5) is 16.6 Å². The molecule has 0 atom stereocenters. The summed E-state index contributed by atoms with van der Waals surface area (Å²) >= 11 is 0. The van der Waals surface area contributed by atoms with E-state index in [1.165, 1.54) is 7.11 Å². The van der Waals surface area contributed by atoms with Crippen molar-refractivity contribution in [1.82, 2.24) is 29.9 Å². The normalized spacial score (nSPS) is 10.9. The second-order valence-corrected chi connectivity index (χ2v) is 6.95. The Hall–Kier alpha value is -4.22. The number of fused-ring (bicyclic) bond motifs is 1. The second-order valence-electron chi connectivity index (χ2n) is 6.95. The summed E-state index contributed by atoms with van der Waals surface area (Å²) < 4.78 is 16.9. The van der Waals surface area contributed by atoms with Crippen LogP contribution in [0, 0.1) is 13.8 Å². The number of anilines is 2. The number of amides is 1. The lowest BCUT2D eigenvalue weighted by molar-refractivity contribution is 0.186. The molecule has 3 aromatic heterocycles. The molecule has 0 radical (unpaired) electrons. The van der Waals surface area contributed by atoms with Gasteiger partial charge in [-0.1, -0.05) is 17.3 Å². The number of aromatic nitrogens is 6. The lowest BCUT2D eigenvalue weighted by Gasteiger charge is -2.13. The fourth-order valence-electron chi connectivity index (χ4n) is 3.16. The van der Waals surface area contributed by atoms with Crippen LogP contribution in [0.3, 0.4) is 0 Å². The minimum absolute atomic E-state index is 0.0728. The molecule has 4 rings (SSSR count). The van der Waals surface area contributed by atoms with Crippen LogP contribution in [-0.2, 0) is 17.8 Å². The standard InChI is InChI=1S/C20H22N8O4/c1-11-5-6-13(15(7-11)30-3)10-28-17-14(8-22-28)24-19(26-20(29)31-4)25-18(17)21-9-16-23-12(2)32-27-16/h5-8H,9-10H2,1-4H3,(H2,21,24,25,26,29). The molecule has 0 spiro atoms. The smallest absolute Gasteiger partial charge is 0.413 e. The SMILES string of the molecule is COC(=O)Nc1nc(NCc2noc(C)n2)c2c(cnn2Cc2ccc(C)cc2OC)n1. The molecule has 12 heteroatoms. The van der Waals surface area contributed by atoms with E-state index in [0.717, 1.165) is 16.9 Å². The first-order valence-corrected chi connectivity index (χ1v) is 9.72. The van der Waals surface area contributed by atoms with Gasteiger partial charge in [-0.15, -0.1) is 0 Å². The maximum absolute atomic E-state index is 11.7. The van der Waals surface area contributed by atoms with Crippen LogP contribution in [0.1, 0.15) is 22.8 Å². The average molecular weight is 438 g/mol. The van der Waals surface area contributed by atoms with Crippen molar-refractivity contribution in [3.05, 3.63) is 47.2 Å². The van der Waals surface area contributed by atoms with E-state index < -0.39 is 6.09 Å². The number of benzene rings is 1. The van der Waals surface area contributed by atoms with E-state index in [1.807, 2.05) is 25.1 Å². The van der Waals surface area contributed by atoms with Crippen LogP contribution in [0.25, 0.3) is 11.0 Å². The number of rotatable bonds is 7. The van der Waals surface area contributed by atoms with Crippen molar-refractivity contribution >= 4 is 28.9 Å². The van der Waals surface area contributed by atoms with Crippen LogP contribution in [0.5, 0.6) is 5.75 Å². The monoisotopic (exact) mass is 438 g/mol. The van der Waals surface area contributed by atoms with Gasteiger partial charge in [-0.3, -0.25) is 10.00 Å². The van der Waals surface area contributed by atoms with Gasteiger partial charge < -0.3 is 19.3 Å². The molecular weight excluding hydrogens is 416 g/mol. The Kier molecular flexibility index (Phi) is 5.83. The van der Waals surface area contributed by atoms with Gasteiger partial charge in [0.2, 0.25) is 11.8 Å². The predicted octanol–water partition coefficient (Wildman–Crippen LogP) is 2.67. The molecule has 0 saturated carbocycles. The second kappa shape index (κ2) is 8.88. The number of carbonyl (C=O) groups is 1. The van der Waals surface area contributed by atoms with E-state index in [-0.39, 0.29) is 12.5 Å². The van der Waals surface area contributed by atoms with Gasteiger partial charge in [-0.25, -0.2) is 9.78 Å². The molecule has 0 bridgehead atoms. The highest BCUT2D eigenvalue weighted by Crippen LogP contribution is 2.26. The molecule has 2 N–H and O–H groups in total. The largest absolute Gasteiger partial charge is 0.496 e. The van der Waals surface area contributed by atoms with Gasteiger partial charge in [0.05, 0.1) is 33.5 Å². The molecule has 0 aliphatic carbocycles. The first-order chi connectivity index (χ1) is 15.5. The molecule has 0 aliphatic heterocycles. The number of nitrogens with zero attached hydrogens (tertiary/aromatic N) is 6. The number of carbonyl (C=O) groups excluding carboxylic acids is 1. The highest BCUT2D eigenvalue weighted by molar-refractivity contribution is 5.89.